The molecule has 3 unspecified atom stereocenters. The number of amides is 4. The first kappa shape index (κ1) is 50.7. The van der Waals surface area contributed by atoms with Gasteiger partial charge in [0, 0.05) is 42.1 Å². The van der Waals surface area contributed by atoms with Crippen molar-refractivity contribution in [1.82, 2.24) is 49.9 Å². The Labute approximate surface area is 433 Å². The Morgan fingerprint density at radius 3 is 2.12 bits per heavy atom. The number of H-pyrrole nitrogens is 2. The summed E-state index contributed by atoms with van der Waals surface area (Å²) in [6.07, 6.45) is 5.58. The molecule has 392 valence electrons. The zero-order valence-corrected chi connectivity index (χ0v) is 44.2. The lowest BCUT2D eigenvalue weighted by Gasteiger charge is -2.40. The summed E-state index contributed by atoms with van der Waals surface area (Å²) in [4.78, 5) is 79.0. The second-order valence-electron chi connectivity index (χ2n) is 21.2. The third kappa shape index (κ3) is 9.50. The summed E-state index contributed by atoms with van der Waals surface area (Å²) in [7, 11) is 2.57. The van der Waals surface area contributed by atoms with Crippen molar-refractivity contribution in [2.45, 2.75) is 129 Å². The van der Waals surface area contributed by atoms with Gasteiger partial charge in [0.15, 0.2) is 0 Å². The molecule has 0 aliphatic carbocycles. The van der Waals surface area contributed by atoms with Crippen molar-refractivity contribution in [2.75, 3.05) is 33.9 Å². The van der Waals surface area contributed by atoms with E-state index in [1.165, 1.54) is 20.3 Å². The standard InChI is InChI=1S/C54H65FN10O8S/c1-27(2)43(61-52(68)70-8)49(66)63-17-10-12-38(63)47-57-26-36(60-47)32-21-34(55)42-40-22-33-20-30(14-15-37(33)65(40)51(73-41(42)23-32)45-29(5)58-48(74-45)28(3)4)35-25-56-46(59-35)39-13-11-18-64(39)50(67)44(62-53(69)71-9)31-16-19-72-54(6,7)24-31/h14-15,20-23,25-28,31,38-39,43-44,51H,10-13,16-19,24H2,1-9H3,(H,56,59)(H,57,60)(H,61,68)(H,62,69)/t31?,38-,39-,43-,44?,51?/m0/s1. The second kappa shape index (κ2) is 20.1. The Hall–Kier alpha value is -6.80. The predicted octanol–water partition coefficient (Wildman–Crippen LogP) is 9.69. The minimum absolute atomic E-state index is 0.135. The highest BCUT2D eigenvalue weighted by Crippen LogP contribution is 2.49. The Kier molecular flexibility index (Phi) is 13.8. The smallest absolute Gasteiger partial charge is 0.407 e. The van der Waals surface area contributed by atoms with Crippen LogP contribution in [0.1, 0.15) is 132 Å². The summed E-state index contributed by atoms with van der Waals surface area (Å²) in [5.74, 6) is 0.573. The Bertz CT molecular complexity index is 3120. The van der Waals surface area contributed by atoms with E-state index in [0.717, 1.165) is 50.6 Å². The molecule has 4 aromatic heterocycles. The summed E-state index contributed by atoms with van der Waals surface area (Å²) >= 11 is 1.58. The maximum absolute atomic E-state index is 17.1. The van der Waals surface area contributed by atoms with E-state index >= 15 is 4.39 Å². The second-order valence-corrected chi connectivity index (χ2v) is 22.3. The molecule has 6 aromatic rings. The first-order valence-corrected chi connectivity index (χ1v) is 26.4. The Morgan fingerprint density at radius 1 is 0.851 bits per heavy atom. The van der Waals surface area contributed by atoms with E-state index in [4.69, 9.17) is 33.9 Å². The number of aromatic amines is 2. The van der Waals surface area contributed by atoms with E-state index in [1.807, 2.05) is 68.4 Å². The number of nitrogens with one attached hydrogen (secondary N) is 4. The lowest BCUT2D eigenvalue weighted by atomic mass is 9.82. The van der Waals surface area contributed by atoms with Gasteiger partial charge >= 0.3 is 12.2 Å². The van der Waals surface area contributed by atoms with Crippen LogP contribution < -0.4 is 15.4 Å². The van der Waals surface area contributed by atoms with Gasteiger partial charge in [0.1, 0.15) is 35.3 Å². The molecule has 20 heteroatoms. The van der Waals surface area contributed by atoms with Crippen LogP contribution in [0.3, 0.4) is 0 Å². The number of fused-ring (bicyclic) bond motifs is 5. The monoisotopic (exact) mass is 1030 g/mol. The molecule has 10 rings (SSSR count). The summed E-state index contributed by atoms with van der Waals surface area (Å²) in [5.41, 5.74) is 4.89. The quantitative estimate of drug-likeness (QED) is 0.0906. The van der Waals surface area contributed by atoms with Crippen LogP contribution in [0.4, 0.5) is 14.0 Å². The summed E-state index contributed by atoms with van der Waals surface area (Å²) < 4.78 is 41.8. The van der Waals surface area contributed by atoms with E-state index in [2.05, 4.69) is 40.5 Å². The number of hydrogen-bond donors (Lipinski definition) is 4. The number of aryl methyl sites for hydroxylation is 1. The SMILES string of the molecule is COC(=O)NC(C(=O)N1CCC[C@H]1c1ncc(-c2ccc3c(c2)cc2n3C(c3sc(C(C)C)nc3C)Oc3cc(-c4cnc([C@@H]5CCCN5C(=O)[C@@H](NC(=O)OC)C(C)C)[nH]4)cc(F)c3-2)[nH]1)C1CCOC(C)(C)C1. The zero-order valence-electron chi connectivity index (χ0n) is 43.3. The van der Waals surface area contributed by atoms with Gasteiger partial charge < -0.3 is 49.3 Å². The molecule has 0 spiro atoms. The minimum atomic E-state index is -0.781. The summed E-state index contributed by atoms with van der Waals surface area (Å²) in [5, 5.41) is 7.37. The van der Waals surface area contributed by atoms with Gasteiger partial charge in [0.25, 0.3) is 0 Å². The molecule has 3 fully saturated rings. The molecule has 0 saturated carbocycles. The molecular weight excluding hydrogens is 968 g/mol. The number of likely N-dealkylation sites (tertiary alicyclic amines) is 2. The van der Waals surface area contributed by atoms with Gasteiger partial charge in [-0.25, -0.2) is 28.9 Å². The zero-order chi connectivity index (χ0) is 52.3. The van der Waals surface area contributed by atoms with E-state index in [-0.39, 0.29) is 41.7 Å². The van der Waals surface area contributed by atoms with E-state index < -0.39 is 41.9 Å². The summed E-state index contributed by atoms with van der Waals surface area (Å²) in [6, 6.07) is 9.13. The van der Waals surface area contributed by atoms with Crippen LogP contribution >= 0.6 is 11.3 Å². The van der Waals surface area contributed by atoms with Crippen LogP contribution in [0.2, 0.25) is 0 Å². The number of ether oxygens (including phenoxy) is 4. The Balaban J connectivity index is 0.964. The van der Waals surface area contributed by atoms with Gasteiger partial charge in [0.05, 0.1) is 88.0 Å². The molecule has 8 heterocycles. The number of carbonyl (C=O) groups excluding carboxylic acids is 4. The van der Waals surface area contributed by atoms with Gasteiger partial charge in [-0.1, -0.05) is 33.8 Å². The molecule has 4 aliphatic rings. The third-order valence-corrected chi connectivity index (χ3v) is 16.5. The topological polar surface area (TPSA) is 211 Å². The van der Waals surface area contributed by atoms with Crippen molar-refractivity contribution in [3.8, 4) is 39.5 Å². The fraction of sp³-hybridized carbons (Fsp3) is 0.500. The first-order valence-electron chi connectivity index (χ1n) is 25.6. The molecule has 74 heavy (non-hydrogen) atoms. The number of methoxy groups -OCH3 is 2. The number of benzene rings is 2. The molecule has 0 radical (unpaired) electrons. The fourth-order valence-corrected chi connectivity index (χ4v) is 12.4. The number of carbonyl (C=O) groups is 4. The summed E-state index contributed by atoms with van der Waals surface area (Å²) in [6.45, 7) is 15.4. The van der Waals surface area contributed by atoms with Crippen LogP contribution in [-0.2, 0) is 23.8 Å². The lowest BCUT2D eigenvalue weighted by Crippen LogP contribution is -2.54. The highest BCUT2D eigenvalue weighted by atomic mass is 32.1. The van der Waals surface area contributed by atoms with Gasteiger partial charge in [-0.2, -0.15) is 0 Å². The van der Waals surface area contributed by atoms with E-state index in [9.17, 15) is 19.2 Å². The van der Waals surface area contributed by atoms with Crippen LogP contribution in [0.15, 0.2) is 48.8 Å². The third-order valence-electron chi connectivity index (χ3n) is 15.0. The van der Waals surface area contributed by atoms with Gasteiger partial charge in [0.2, 0.25) is 18.0 Å². The van der Waals surface area contributed by atoms with Gasteiger partial charge in [-0.3, -0.25) is 14.2 Å². The molecule has 4 aliphatic heterocycles. The van der Waals surface area contributed by atoms with Crippen molar-refractivity contribution in [2.24, 2.45) is 11.8 Å². The highest BCUT2D eigenvalue weighted by Gasteiger charge is 2.44. The van der Waals surface area contributed by atoms with E-state index in [1.54, 1.807) is 28.6 Å². The van der Waals surface area contributed by atoms with Crippen molar-refractivity contribution in [3.05, 3.63) is 81.8 Å². The van der Waals surface area contributed by atoms with E-state index in [0.29, 0.717) is 85.3 Å². The number of imidazole rings is 2. The van der Waals surface area contributed by atoms with Gasteiger partial charge in [-0.05, 0) is 101 Å². The maximum atomic E-state index is 17.1. The minimum Gasteiger partial charge on any atom is -0.464 e. The van der Waals surface area contributed by atoms with Crippen molar-refractivity contribution >= 4 is 46.2 Å². The molecular formula is C54H65FN10O8S. The van der Waals surface area contributed by atoms with Crippen LogP contribution in [0.5, 0.6) is 5.75 Å². The average molecular weight is 1030 g/mol. The molecule has 18 nitrogen and oxygen atoms in total. The number of nitrogens with zero attached hydrogens (tertiary/aromatic N) is 6. The lowest BCUT2D eigenvalue weighted by molar-refractivity contribution is -0.139. The fourth-order valence-electron chi connectivity index (χ4n) is 11.3. The van der Waals surface area contributed by atoms with Crippen LogP contribution in [0, 0.1) is 24.6 Å². The average Bonchev–Trinajstić information content (AvgIpc) is 4.24. The first-order chi connectivity index (χ1) is 35.4. The molecule has 3 saturated heterocycles. The number of halogens is 1. The predicted molar refractivity (Wildman–Crippen MR) is 276 cm³/mol. The van der Waals surface area contributed by atoms with Crippen molar-refractivity contribution < 1.29 is 42.5 Å². The number of alkyl carbamates (subject to hydrolysis) is 2. The molecule has 2 aromatic carbocycles. The number of thiazole rings is 1. The van der Waals surface area contributed by atoms with Crippen molar-refractivity contribution in [1.29, 1.82) is 0 Å². The maximum Gasteiger partial charge on any atom is 0.407 e. The molecule has 4 amide bonds. The Morgan fingerprint density at radius 2 is 1.50 bits per heavy atom. The molecule has 4 N–H and O–H groups in total. The van der Waals surface area contributed by atoms with Gasteiger partial charge in [-0.15, -0.1) is 11.3 Å². The number of hydrogen-bond acceptors (Lipinski definition) is 12. The molecule has 6 atom stereocenters. The van der Waals surface area contributed by atoms with Crippen LogP contribution in [-0.4, -0.2) is 115 Å². The largest absolute Gasteiger partial charge is 0.464 e. The molecule has 0 bridgehead atoms. The number of rotatable bonds is 12. The highest BCUT2D eigenvalue weighted by molar-refractivity contribution is 7.11. The normalized spacial score (nSPS) is 21.1. The van der Waals surface area contributed by atoms with Crippen LogP contribution in [0.25, 0.3) is 44.7 Å². The number of aromatic nitrogens is 6. The van der Waals surface area contributed by atoms with Crippen molar-refractivity contribution in [3.63, 3.8) is 0 Å².